The number of urea groups is 1. The van der Waals surface area contributed by atoms with Gasteiger partial charge in [-0.25, -0.2) is 4.79 Å². The maximum Gasteiger partial charge on any atom is 0.319 e. The number of nitrogens with one attached hydrogen (secondary N) is 2. The Morgan fingerprint density at radius 2 is 1.73 bits per heavy atom. The van der Waals surface area contributed by atoms with Gasteiger partial charge in [0.1, 0.15) is 0 Å². The third-order valence-electron chi connectivity index (χ3n) is 4.39. The lowest BCUT2D eigenvalue weighted by Gasteiger charge is -2.11. The van der Waals surface area contributed by atoms with E-state index in [9.17, 15) is 4.79 Å². The molecule has 4 nitrogen and oxygen atoms in total. The Kier molecular flexibility index (Phi) is 5.33. The van der Waals surface area contributed by atoms with Crippen LogP contribution in [0.4, 0.5) is 10.5 Å². The number of carbonyl (C=O) groups is 1. The molecule has 134 valence electrons. The molecule has 1 aromatic heterocycles. The van der Waals surface area contributed by atoms with Gasteiger partial charge in [0.05, 0.1) is 10.7 Å². The molecule has 2 N–H and O–H groups in total. The molecule has 3 rings (SSSR count). The molecule has 0 aliphatic heterocycles. The molecule has 2 amide bonds. The Morgan fingerprint density at radius 3 is 2.42 bits per heavy atom. The molecular formula is C21H22ClN3O. The van der Waals surface area contributed by atoms with E-state index in [1.165, 1.54) is 5.56 Å². The summed E-state index contributed by atoms with van der Waals surface area (Å²) in [5.41, 5.74) is 6.28. The molecule has 0 fully saturated rings. The van der Waals surface area contributed by atoms with Crippen LogP contribution in [0.2, 0.25) is 5.02 Å². The number of carbonyl (C=O) groups excluding carboxylic acids is 1. The van der Waals surface area contributed by atoms with E-state index in [0.29, 0.717) is 17.3 Å². The lowest BCUT2D eigenvalue weighted by molar-refractivity contribution is 0.251. The fourth-order valence-electron chi connectivity index (χ4n) is 3.00. The molecule has 5 heteroatoms. The van der Waals surface area contributed by atoms with E-state index in [1.54, 1.807) is 12.1 Å². The van der Waals surface area contributed by atoms with E-state index in [4.69, 9.17) is 11.6 Å². The Hall–Kier alpha value is -2.72. The molecule has 0 bridgehead atoms. The first-order valence-corrected chi connectivity index (χ1v) is 8.88. The Balaban J connectivity index is 1.71. The van der Waals surface area contributed by atoms with Gasteiger partial charge in [-0.05, 0) is 56.7 Å². The molecule has 0 spiro atoms. The topological polar surface area (TPSA) is 46.1 Å². The van der Waals surface area contributed by atoms with Crippen LogP contribution in [-0.2, 0) is 6.54 Å². The normalized spacial score (nSPS) is 10.6. The summed E-state index contributed by atoms with van der Waals surface area (Å²) in [6, 6.07) is 17.4. The highest BCUT2D eigenvalue weighted by molar-refractivity contribution is 6.33. The summed E-state index contributed by atoms with van der Waals surface area (Å²) in [5, 5.41) is 6.18. The van der Waals surface area contributed by atoms with E-state index < -0.39 is 0 Å². The molecule has 2 aromatic carbocycles. The number of benzene rings is 2. The van der Waals surface area contributed by atoms with Crippen LogP contribution >= 0.6 is 11.6 Å². The number of nitrogens with zero attached hydrogens (tertiary/aromatic N) is 1. The minimum absolute atomic E-state index is 0.279. The number of hydrogen-bond donors (Lipinski definition) is 2. The number of rotatable bonds is 4. The molecule has 0 saturated heterocycles. The zero-order valence-corrected chi connectivity index (χ0v) is 15.9. The van der Waals surface area contributed by atoms with Crippen molar-refractivity contribution in [3.05, 3.63) is 82.1 Å². The highest BCUT2D eigenvalue weighted by atomic mass is 35.5. The molecule has 0 aliphatic carbocycles. The first-order chi connectivity index (χ1) is 12.5. The van der Waals surface area contributed by atoms with Crippen molar-refractivity contribution in [3.63, 3.8) is 0 Å². The van der Waals surface area contributed by atoms with Crippen molar-refractivity contribution in [3.8, 4) is 5.69 Å². The van der Waals surface area contributed by atoms with Gasteiger partial charge >= 0.3 is 6.03 Å². The summed E-state index contributed by atoms with van der Waals surface area (Å²) in [6.07, 6.45) is 0. The van der Waals surface area contributed by atoms with Crippen LogP contribution in [0.3, 0.4) is 0 Å². The molecule has 0 radical (unpaired) electrons. The number of hydrogen-bond acceptors (Lipinski definition) is 1. The average Bonchev–Trinajstić information content (AvgIpc) is 2.90. The van der Waals surface area contributed by atoms with Crippen molar-refractivity contribution < 1.29 is 4.79 Å². The molecule has 0 aliphatic rings. The lowest BCUT2D eigenvalue weighted by Crippen LogP contribution is -2.28. The molecular weight excluding hydrogens is 346 g/mol. The van der Waals surface area contributed by atoms with Crippen LogP contribution in [0.1, 0.15) is 22.5 Å². The van der Waals surface area contributed by atoms with Crippen molar-refractivity contribution in [2.45, 2.75) is 27.3 Å². The molecule has 0 unspecified atom stereocenters. The van der Waals surface area contributed by atoms with Gasteiger partial charge in [0.15, 0.2) is 0 Å². The maximum absolute atomic E-state index is 12.2. The first-order valence-electron chi connectivity index (χ1n) is 8.50. The largest absolute Gasteiger partial charge is 0.334 e. The van der Waals surface area contributed by atoms with Gasteiger partial charge in [-0.3, -0.25) is 0 Å². The van der Waals surface area contributed by atoms with Crippen LogP contribution in [0, 0.1) is 20.8 Å². The summed E-state index contributed by atoms with van der Waals surface area (Å²) < 4.78 is 2.20. The summed E-state index contributed by atoms with van der Waals surface area (Å²) in [5.74, 6) is 0. The van der Waals surface area contributed by atoms with Gasteiger partial charge in [-0.1, -0.05) is 41.4 Å². The van der Waals surface area contributed by atoms with Crippen LogP contribution in [-0.4, -0.2) is 10.6 Å². The van der Waals surface area contributed by atoms with Crippen LogP contribution in [0.5, 0.6) is 0 Å². The van der Waals surface area contributed by atoms with E-state index in [2.05, 4.69) is 66.3 Å². The Morgan fingerprint density at radius 1 is 1.04 bits per heavy atom. The molecule has 26 heavy (non-hydrogen) atoms. The van der Waals surface area contributed by atoms with Crippen LogP contribution < -0.4 is 10.6 Å². The van der Waals surface area contributed by atoms with E-state index in [-0.39, 0.29) is 6.03 Å². The predicted octanol–water partition coefficient (Wildman–Crippen LogP) is 5.38. The minimum Gasteiger partial charge on any atom is -0.334 e. The van der Waals surface area contributed by atoms with Crippen LogP contribution in [0.15, 0.2) is 54.6 Å². The van der Waals surface area contributed by atoms with Gasteiger partial charge in [-0.2, -0.15) is 0 Å². The minimum atomic E-state index is -0.279. The standard InChI is InChI=1S/C21H22ClN3O/c1-14-8-10-18(11-9-14)25-15(2)12-17(16(25)3)13-23-21(26)24-20-7-5-4-6-19(20)22/h4-12H,13H2,1-3H3,(H2,23,24,26). The fourth-order valence-corrected chi connectivity index (χ4v) is 3.19. The van der Waals surface area contributed by atoms with Crippen LogP contribution in [0.25, 0.3) is 5.69 Å². The van der Waals surface area contributed by atoms with Gasteiger partial charge in [0, 0.05) is 23.6 Å². The highest BCUT2D eigenvalue weighted by Crippen LogP contribution is 2.22. The first kappa shape index (κ1) is 18.1. The number of para-hydroxylation sites is 1. The Bertz CT molecular complexity index is 929. The van der Waals surface area contributed by atoms with E-state index >= 15 is 0 Å². The van der Waals surface area contributed by atoms with Crippen molar-refractivity contribution in [1.29, 1.82) is 0 Å². The number of aromatic nitrogens is 1. The van der Waals surface area contributed by atoms with Crippen molar-refractivity contribution in [2.75, 3.05) is 5.32 Å². The molecule has 0 atom stereocenters. The quantitative estimate of drug-likeness (QED) is 0.639. The summed E-state index contributed by atoms with van der Waals surface area (Å²) in [7, 11) is 0. The second-order valence-corrected chi connectivity index (χ2v) is 6.76. The molecule has 3 aromatic rings. The average molecular weight is 368 g/mol. The summed E-state index contributed by atoms with van der Waals surface area (Å²) in [6.45, 7) is 6.66. The SMILES string of the molecule is Cc1ccc(-n2c(C)cc(CNC(=O)Nc3ccccc3Cl)c2C)cc1. The highest BCUT2D eigenvalue weighted by Gasteiger charge is 2.12. The second kappa shape index (κ2) is 7.67. The second-order valence-electron chi connectivity index (χ2n) is 6.35. The number of halogens is 1. The number of amides is 2. The maximum atomic E-state index is 12.2. The number of anilines is 1. The van der Waals surface area contributed by atoms with Crippen molar-refractivity contribution in [2.24, 2.45) is 0 Å². The van der Waals surface area contributed by atoms with Gasteiger partial charge in [-0.15, -0.1) is 0 Å². The van der Waals surface area contributed by atoms with E-state index in [0.717, 1.165) is 22.6 Å². The Labute approximate surface area is 158 Å². The third-order valence-corrected chi connectivity index (χ3v) is 4.72. The zero-order valence-electron chi connectivity index (χ0n) is 15.1. The molecule has 0 saturated carbocycles. The predicted molar refractivity (Wildman–Crippen MR) is 107 cm³/mol. The zero-order chi connectivity index (χ0) is 18.7. The van der Waals surface area contributed by atoms with Gasteiger partial charge in [0.2, 0.25) is 0 Å². The monoisotopic (exact) mass is 367 g/mol. The lowest BCUT2D eigenvalue weighted by atomic mass is 10.2. The third kappa shape index (κ3) is 3.92. The summed E-state index contributed by atoms with van der Waals surface area (Å²) >= 11 is 6.07. The smallest absolute Gasteiger partial charge is 0.319 e. The number of aryl methyl sites for hydroxylation is 2. The van der Waals surface area contributed by atoms with Gasteiger partial charge in [0.25, 0.3) is 0 Å². The molecule has 1 heterocycles. The van der Waals surface area contributed by atoms with Gasteiger partial charge < -0.3 is 15.2 Å². The van der Waals surface area contributed by atoms with E-state index in [1.807, 2.05) is 12.1 Å². The van der Waals surface area contributed by atoms with Crippen molar-refractivity contribution in [1.82, 2.24) is 9.88 Å². The summed E-state index contributed by atoms with van der Waals surface area (Å²) in [4.78, 5) is 12.2. The fraction of sp³-hybridized carbons (Fsp3) is 0.190. The van der Waals surface area contributed by atoms with Crippen molar-refractivity contribution >= 4 is 23.3 Å².